The average Bonchev–Trinajstić information content (AvgIpc) is 2.83. The number of nitrogens with zero attached hydrogens (tertiary/aromatic N) is 4. The van der Waals surface area contributed by atoms with Gasteiger partial charge in [-0.25, -0.2) is 14.6 Å². The van der Waals surface area contributed by atoms with Gasteiger partial charge in [-0.3, -0.25) is 0 Å². The molecule has 0 atom stereocenters. The second-order valence-electron chi connectivity index (χ2n) is 3.43. The Kier molecular flexibility index (Phi) is 1.90. The molecule has 5 nitrogen and oxygen atoms in total. The largest absolute Gasteiger partial charge is 0.383 e. The molecule has 0 spiro atoms. The SMILES string of the molecule is Cc1nc(N)c2cnn(-c3ccsc3)c2n1. The maximum absolute atomic E-state index is 5.82. The topological polar surface area (TPSA) is 69.6 Å². The van der Waals surface area contributed by atoms with Crippen molar-refractivity contribution in [2.45, 2.75) is 6.92 Å². The smallest absolute Gasteiger partial charge is 0.168 e. The summed E-state index contributed by atoms with van der Waals surface area (Å²) in [5, 5.41) is 9.08. The highest BCUT2D eigenvalue weighted by molar-refractivity contribution is 7.08. The van der Waals surface area contributed by atoms with E-state index in [1.807, 2.05) is 23.8 Å². The zero-order valence-corrected chi connectivity index (χ0v) is 9.40. The van der Waals surface area contributed by atoms with Crippen molar-refractivity contribution in [3.8, 4) is 5.69 Å². The lowest BCUT2D eigenvalue weighted by Crippen LogP contribution is -2.00. The number of thiophene rings is 1. The Morgan fingerprint density at radius 3 is 3.00 bits per heavy atom. The third-order valence-electron chi connectivity index (χ3n) is 2.32. The van der Waals surface area contributed by atoms with E-state index in [9.17, 15) is 0 Å². The summed E-state index contributed by atoms with van der Waals surface area (Å²) >= 11 is 1.62. The Labute approximate surface area is 95.6 Å². The summed E-state index contributed by atoms with van der Waals surface area (Å²) in [4.78, 5) is 8.48. The molecule has 3 rings (SSSR count). The van der Waals surface area contributed by atoms with E-state index in [0.29, 0.717) is 11.6 Å². The second-order valence-corrected chi connectivity index (χ2v) is 4.21. The molecule has 0 unspecified atom stereocenters. The summed E-state index contributed by atoms with van der Waals surface area (Å²) < 4.78 is 1.77. The van der Waals surface area contributed by atoms with Crippen molar-refractivity contribution >= 4 is 28.2 Å². The van der Waals surface area contributed by atoms with Crippen LogP contribution in [0.15, 0.2) is 23.0 Å². The van der Waals surface area contributed by atoms with Crippen LogP contribution in [0.5, 0.6) is 0 Å². The van der Waals surface area contributed by atoms with Gasteiger partial charge in [0, 0.05) is 5.38 Å². The molecule has 6 heteroatoms. The van der Waals surface area contributed by atoms with Gasteiger partial charge in [0.2, 0.25) is 0 Å². The van der Waals surface area contributed by atoms with Gasteiger partial charge in [-0.15, -0.1) is 0 Å². The molecular formula is C10H9N5S. The molecule has 0 aromatic carbocycles. The first-order valence-electron chi connectivity index (χ1n) is 4.76. The number of hydrogen-bond donors (Lipinski definition) is 1. The number of aromatic nitrogens is 4. The number of hydrogen-bond acceptors (Lipinski definition) is 5. The van der Waals surface area contributed by atoms with Crippen LogP contribution in [0.3, 0.4) is 0 Å². The number of fused-ring (bicyclic) bond motifs is 1. The minimum atomic E-state index is 0.476. The molecule has 0 aliphatic heterocycles. The molecule has 0 amide bonds. The van der Waals surface area contributed by atoms with Crippen LogP contribution >= 0.6 is 11.3 Å². The lowest BCUT2D eigenvalue weighted by molar-refractivity contribution is 0.894. The maximum Gasteiger partial charge on any atom is 0.168 e. The second kappa shape index (κ2) is 3.28. The van der Waals surface area contributed by atoms with Gasteiger partial charge in [0.05, 0.1) is 17.3 Å². The van der Waals surface area contributed by atoms with Crippen molar-refractivity contribution in [3.05, 3.63) is 28.8 Å². The fourth-order valence-corrected chi connectivity index (χ4v) is 2.22. The third-order valence-corrected chi connectivity index (χ3v) is 2.99. The van der Waals surface area contributed by atoms with Gasteiger partial charge in [-0.2, -0.15) is 16.4 Å². The van der Waals surface area contributed by atoms with E-state index in [0.717, 1.165) is 16.7 Å². The first-order valence-corrected chi connectivity index (χ1v) is 5.70. The zero-order chi connectivity index (χ0) is 11.1. The van der Waals surface area contributed by atoms with Crippen LogP contribution < -0.4 is 5.73 Å². The van der Waals surface area contributed by atoms with E-state index in [2.05, 4.69) is 15.1 Å². The van der Waals surface area contributed by atoms with Crippen molar-refractivity contribution in [3.63, 3.8) is 0 Å². The molecule has 0 saturated heterocycles. The van der Waals surface area contributed by atoms with Crippen LogP contribution in [-0.4, -0.2) is 19.7 Å². The molecule has 0 aliphatic rings. The number of aryl methyl sites for hydroxylation is 1. The molecule has 0 fully saturated rings. The summed E-state index contributed by atoms with van der Waals surface area (Å²) in [6.45, 7) is 1.82. The first-order chi connectivity index (χ1) is 7.75. The Balaban J connectivity index is 2.35. The van der Waals surface area contributed by atoms with Gasteiger partial charge < -0.3 is 5.73 Å². The van der Waals surface area contributed by atoms with Gasteiger partial charge >= 0.3 is 0 Å². The van der Waals surface area contributed by atoms with Crippen LogP contribution in [0.25, 0.3) is 16.7 Å². The number of nitrogens with two attached hydrogens (primary N) is 1. The monoisotopic (exact) mass is 231 g/mol. The predicted molar refractivity (Wildman–Crippen MR) is 63.7 cm³/mol. The summed E-state index contributed by atoms with van der Waals surface area (Å²) in [5.41, 5.74) is 7.57. The molecule has 3 aromatic rings. The quantitative estimate of drug-likeness (QED) is 0.693. The molecule has 80 valence electrons. The molecular weight excluding hydrogens is 222 g/mol. The molecule has 3 aromatic heterocycles. The summed E-state index contributed by atoms with van der Waals surface area (Å²) in [5.74, 6) is 1.13. The standard InChI is InChI=1S/C10H9N5S/c1-6-13-9(11)8-4-12-15(10(8)14-6)7-2-3-16-5-7/h2-5H,1H3,(H2,11,13,14). The Bertz CT molecular complexity index is 641. The van der Waals surface area contributed by atoms with E-state index in [1.54, 1.807) is 22.2 Å². The molecule has 3 heterocycles. The predicted octanol–water partition coefficient (Wildman–Crippen LogP) is 1.77. The normalized spacial score (nSPS) is 11.1. The van der Waals surface area contributed by atoms with Crippen molar-refractivity contribution in [2.24, 2.45) is 0 Å². The zero-order valence-electron chi connectivity index (χ0n) is 8.58. The van der Waals surface area contributed by atoms with Crippen LogP contribution in [-0.2, 0) is 0 Å². The van der Waals surface area contributed by atoms with Gasteiger partial charge in [0.15, 0.2) is 5.65 Å². The minimum absolute atomic E-state index is 0.476. The van der Waals surface area contributed by atoms with Gasteiger partial charge in [0.25, 0.3) is 0 Å². The summed E-state index contributed by atoms with van der Waals surface area (Å²) in [7, 11) is 0. The van der Waals surface area contributed by atoms with E-state index in [4.69, 9.17) is 5.73 Å². The van der Waals surface area contributed by atoms with Crippen LogP contribution in [0.2, 0.25) is 0 Å². The van der Waals surface area contributed by atoms with Gasteiger partial charge in [0.1, 0.15) is 11.6 Å². The lowest BCUT2D eigenvalue weighted by Gasteiger charge is -2.00. The van der Waals surface area contributed by atoms with Crippen LogP contribution in [0.4, 0.5) is 5.82 Å². The first kappa shape index (κ1) is 9.29. The van der Waals surface area contributed by atoms with Crippen LogP contribution in [0.1, 0.15) is 5.82 Å². The summed E-state index contributed by atoms with van der Waals surface area (Å²) in [6, 6.07) is 1.99. The van der Waals surface area contributed by atoms with Crippen molar-refractivity contribution in [1.82, 2.24) is 19.7 Å². The molecule has 0 bridgehead atoms. The lowest BCUT2D eigenvalue weighted by atomic mass is 10.4. The Morgan fingerprint density at radius 1 is 1.38 bits per heavy atom. The average molecular weight is 231 g/mol. The fourth-order valence-electron chi connectivity index (χ4n) is 1.61. The number of nitrogen functional groups attached to an aromatic ring is 1. The van der Waals surface area contributed by atoms with Gasteiger partial charge in [-0.05, 0) is 18.4 Å². The number of rotatable bonds is 1. The van der Waals surface area contributed by atoms with E-state index in [-0.39, 0.29) is 0 Å². The van der Waals surface area contributed by atoms with Crippen LogP contribution in [0, 0.1) is 6.92 Å². The molecule has 0 aliphatic carbocycles. The molecule has 2 N–H and O–H groups in total. The van der Waals surface area contributed by atoms with Crippen molar-refractivity contribution < 1.29 is 0 Å². The highest BCUT2D eigenvalue weighted by atomic mass is 32.1. The van der Waals surface area contributed by atoms with Crippen molar-refractivity contribution in [1.29, 1.82) is 0 Å². The molecule has 0 radical (unpaired) electrons. The fraction of sp³-hybridized carbons (Fsp3) is 0.100. The molecule has 0 saturated carbocycles. The molecule has 16 heavy (non-hydrogen) atoms. The van der Waals surface area contributed by atoms with E-state index >= 15 is 0 Å². The maximum atomic E-state index is 5.82. The Morgan fingerprint density at radius 2 is 2.25 bits per heavy atom. The Hall–Kier alpha value is -1.95. The van der Waals surface area contributed by atoms with E-state index < -0.39 is 0 Å². The highest BCUT2D eigenvalue weighted by Gasteiger charge is 2.10. The minimum Gasteiger partial charge on any atom is -0.383 e. The third kappa shape index (κ3) is 1.27. The van der Waals surface area contributed by atoms with Gasteiger partial charge in [-0.1, -0.05) is 0 Å². The van der Waals surface area contributed by atoms with Crippen molar-refractivity contribution in [2.75, 3.05) is 5.73 Å². The highest BCUT2D eigenvalue weighted by Crippen LogP contribution is 2.21. The van der Waals surface area contributed by atoms with E-state index in [1.165, 1.54) is 0 Å². The summed E-state index contributed by atoms with van der Waals surface area (Å²) in [6.07, 6.45) is 1.70. The number of anilines is 1.